The molecule has 1 saturated carbocycles. The lowest BCUT2D eigenvalue weighted by Crippen LogP contribution is -2.50. The number of hydrogen-bond acceptors (Lipinski definition) is 5. The van der Waals surface area contributed by atoms with Crippen LogP contribution in [0, 0.1) is 0 Å². The van der Waals surface area contributed by atoms with Crippen LogP contribution in [0.1, 0.15) is 37.8 Å². The molecule has 2 aliphatic rings. The van der Waals surface area contributed by atoms with E-state index in [2.05, 4.69) is 19.8 Å². The molecule has 5 heteroatoms. The summed E-state index contributed by atoms with van der Waals surface area (Å²) in [6, 6.07) is 4.72. The fourth-order valence-electron chi connectivity index (χ4n) is 3.96. The zero-order chi connectivity index (χ0) is 16.2. The van der Waals surface area contributed by atoms with Gasteiger partial charge in [-0.05, 0) is 25.0 Å². The summed E-state index contributed by atoms with van der Waals surface area (Å²) in [5, 5.41) is 0. The predicted octanol–water partition coefficient (Wildman–Crippen LogP) is 3.19. The smallest absolute Gasteiger partial charge is 0.227 e. The van der Waals surface area contributed by atoms with Gasteiger partial charge in [0.1, 0.15) is 6.26 Å². The summed E-state index contributed by atoms with van der Waals surface area (Å²) in [4.78, 5) is 13.9. The summed E-state index contributed by atoms with van der Waals surface area (Å²) >= 11 is 0. The Balaban J connectivity index is 1.30. The van der Waals surface area contributed by atoms with E-state index >= 15 is 0 Å². The van der Waals surface area contributed by atoms with Gasteiger partial charge in [0.2, 0.25) is 5.89 Å². The van der Waals surface area contributed by atoms with Crippen LogP contribution in [-0.4, -0.2) is 52.0 Å². The minimum atomic E-state index is 0.666. The average molecular weight is 326 g/mol. The van der Waals surface area contributed by atoms with Gasteiger partial charge in [0.05, 0.1) is 11.3 Å². The van der Waals surface area contributed by atoms with Crippen molar-refractivity contribution in [3.63, 3.8) is 0 Å². The Morgan fingerprint density at radius 3 is 2.67 bits per heavy atom. The number of nitrogens with zero attached hydrogens (tertiary/aromatic N) is 4. The third-order valence-electron chi connectivity index (χ3n) is 5.34. The second kappa shape index (κ2) is 7.45. The minimum absolute atomic E-state index is 0.666. The van der Waals surface area contributed by atoms with Crippen molar-refractivity contribution in [1.82, 2.24) is 19.8 Å². The first-order valence-corrected chi connectivity index (χ1v) is 9.20. The zero-order valence-electron chi connectivity index (χ0n) is 14.2. The summed E-state index contributed by atoms with van der Waals surface area (Å²) in [7, 11) is 0. The van der Waals surface area contributed by atoms with Crippen molar-refractivity contribution in [2.45, 2.75) is 44.7 Å². The lowest BCUT2D eigenvalue weighted by molar-refractivity contribution is 0.0749. The lowest BCUT2D eigenvalue weighted by atomic mass is 9.94. The van der Waals surface area contributed by atoms with Crippen LogP contribution in [0.25, 0.3) is 11.5 Å². The Bertz CT molecular complexity index is 628. The van der Waals surface area contributed by atoms with E-state index < -0.39 is 0 Å². The van der Waals surface area contributed by atoms with Crippen LogP contribution in [0.5, 0.6) is 0 Å². The Hall–Kier alpha value is -1.72. The first kappa shape index (κ1) is 15.8. The number of rotatable bonds is 4. The van der Waals surface area contributed by atoms with Gasteiger partial charge in [0.25, 0.3) is 0 Å². The topological polar surface area (TPSA) is 45.4 Å². The highest BCUT2D eigenvalue weighted by molar-refractivity contribution is 5.50. The van der Waals surface area contributed by atoms with Gasteiger partial charge in [-0.3, -0.25) is 14.8 Å². The van der Waals surface area contributed by atoms with Crippen LogP contribution in [0.3, 0.4) is 0 Å². The molecule has 0 unspecified atom stereocenters. The number of oxazole rings is 1. The standard InChI is InChI=1S/C19H26N4O/c1-2-6-18(7-3-1)23-11-9-22(10-12-23)14-17-15-24-19(21-17)16-5-4-8-20-13-16/h4-5,8,13,15,18H,1-3,6-7,9-12,14H2. The quantitative estimate of drug-likeness (QED) is 0.863. The van der Waals surface area contributed by atoms with Crippen molar-refractivity contribution >= 4 is 0 Å². The van der Waals surface area contributed by atoms with E-state index in [4.69, 9.17) is 4.42 Å². The third kappa shape index (κ3) is 3.68. The fourth-order valence-corrected chi connectivity index (χ4v) is 3.96. The molecule has 0 bridgehead atoms. The van der Waals surface area contributed by atoms with Crippen LogP contribution in [-0.2, 0) is 6.54 Å². The fraction of sp³-hybridized carbons (Fsp3) is 0.579. The number of piperazine rings is 1. The summed E-state index contributed by atoms with van der Waals surface area (Å²) in [5.74, 6) is 0.666. The Morgan fingerprint density at radius 1 is 1.08 bits per heavy atom. The second-order valence-corrected chi connectivity index (χ2v) is 6.99. The van der Waals surface area contributed by atoms with Gasteiger partial charge in [-0.15, -0.1) is 0 Å². The third-order valence-corrected chi connectivity index (χ3v) is 5.34. The van der Waals surface area contributed by atoms with E-state index in [1.807, 2.05) is 12.1 Å². The van der Waals surface area contributed by atoms with Crippen molar-refractivity contribution in [3.8, 4) is 11.5 Å². The molecule has 1 saturated heterocycles. The van der Waals surface area contributed by atoms with Crippen LogP contribution in [0.4, 0.5) is 0 Å². The first-order valence-electron chi connectivity index (χ1n) is 9.20. The van der Waals surface area contributed by atoms with Crippen LogP contribution in [0.15, 0.2) is 35.2 Å². The van der Waals surface area contributed by atoms with Crippen molar-refractivity contribution in [3.05, 3.63) is 36.5 Å². The molecular weight excluding hydrogens is 300 g/mol. The molecule has 2 aromatic rings. The molecule has 0 radical (unpaired) electrons. The summed E-state index contributed by atoms with van der Waals surface area (Å²) in [6.45, 7) is 5.52. The van der Waals surface area contributed by atoms with Crippen molar-refractivity contribution in [1.29, 1.82) is 0 Å². The van der Waals surface area contributed by atoms with E-state index in [0.29, 0.717) is 5.89 Å². The van der Waals surface area contributed by atoms with Gasteiger partial charge in [-0.2, -0.15) is 0 Å². The molecule has 4 rings (SSSR count). The normalized spacial score (nSPS) is 21.2. The highest BCUT2D eigenvalue weighted by atomic mass is 16.3. The molecule has 2 aromatic heterocycles. The molecule has 3 heterocycles. The molecule has 1 aliphatic carbocycles. The van der Waals surface area contributed by atoms with Crippen molar-refractivity contribution in [2.75, 3.05) is 26.2 Å². The minimum Gasteiger partial charge on any atom is -0.444 e. The van der Waals surface area contributed by atoms with Crippen LogP contribution >= 0.6 is 0 Å². The lowest BCUT2D eigenvalue weighted by Gasteiger charge is -2.40. The maximum absolute atomic E-state index is 5.62. The molecule has 128 valence electrons. The monoisotopic (exact) mass is 326 g/mol. The molecular formula is C19H26N4O. The van der Waals surface area contributed by atoms with Crippen LogP contribution in [0.2, 0.25) is 0 Å². The van der Waals surface area contributed by atoms with Gasteiger partial charge in [0.15, 0.2) is 0 Å². The first-order chi connectivity index (χ1) is 11.9. The summed E-state index contributed by atoms with van der Waals surface area (Å²) in [5.41, 5.74) is 1.95. The van der Waals surface area contributed by atoms with Crippen molar-refractivity contribution in [2.24, 2.45) is 0 Å². The predicted molar refractivity (Wildman–Crippen MR) is 93.5 cm³/mol. The molecule has 0 amide bonds. The second-order valence-electron chi connectivity index (χ2n) is 6.99. The maximum atomic E-state index is 5.62. The Morgan fingerprint density at radius 2 is 1.92 bits per heavy atom. The van der Waals surface area contributed by atoms with Crippen LogP contribution < -0.4 is 0 Å². The molecule has 0 spiro atoms. The van der Waals surface area contributed by atoms with E-state index in [-0.39, 0.29) is 0 Å². The van der Waals surface area contributed by atoms with Gasteiger partial charge >= 0.3 is 0 Å². The summed E-state index contributed by atoms with van der Waals surface area (Å²) < 4.78 is 5.62. The molecule has 1 aliphatic heterocycles. The van der Waals surface area contributed by atoms with Gasteiger partial charge in [-0.25, -0.2) is 4.98 Å². The maximum Gasteiger partial charge on any atom is 0.227 e. The largest absolute Gasteiger partial charge is 0.444 e. The number of pyridine rings is 1. The molecule has 24 heavy (non-hydrogen) atoms. The molecule has 2 fully saturated rings. The molecule has 5 nitrogen and oxygen atoms in total. The zero-order valence-corrected chi connectivity index (χ0v) is 14.2. The van der Waals surface area contributed by atoms with E-state index in [1.54, 1.807) is 18.7 Å². The molecule has 0 atom stereocenters. The highest BCUT2D eigenvalue weighted by Crippen LogP contribution is 2.24. The van der Waals surface area contributed by atoms with Gasteiger partial charge in [-0.1, -0.05) is 19.3 Å². The average Bonchev–Trinajstić information content (AvgIpc) is 3.12. The van der Waals surface area contributed by atoms with E-state index in [0.717, 1.165) is 36.9 Å². The van der Waals surface area contributed by atoms with Gasteiger partial charge in [0, 0.05) is 51.2 Å². The Labute approximate surface area is 143 Å². The van der Waals surface area contributed by atoms with E-state index in [9.17, 15) is 0 Å². The van der Waals surface area contributed by atoms with Crippen molar-refractivity contribution < 1.29 is 4.42 Å². The molecule has 0 aromatic carbocycles. The SMILES string of the molecule is c1cncc(-c2nc(CN3CCN(C4CCCCC4)CC3)co2)c1. The summed E-state index contributed by atoms with van der Waals surface area (Å²) in [6.07, 6.45) is 12.4. The number of hydrogen-bond donors (Lipinski definition) is 0. The molecule has 0 N–H and O–H groups in total. The van der Waals surface area contributed by atoms with E-state index in [1.165, 1.54) is 45.2 Å². The number of aromatic nitrogens is 2. The van der Waals surface area contributed by atoms with Gasteiger partial charge < -0.3 is 4.42 Å². The highest BCUT2D eigenvalue weighted by Gasteiger charge is 2.25. The Kier molecular flexibility index (Phi) is 4.90.